The van der Waals surface area contributed by atoms with Crippen molar-refractivity contribution >= 4 is 17.3 Å². The van der Waals surface area contributed by atoms with Gasteiger partial charge in [-0.15, -0.1) is 0 Å². The summed E-state index contributed by atoms with van der Waals surface area (Å²) >= 11 is 0. The van der Waals surface area contributed by atoms with Crippen LogP contribution < -0.4 is 9.64 Å². The zero-order chi connectivity index (χ0) is 21.4. The Hall–Kier alpha value is -2.49. The van der Waals surface area contributed by atoms with Gasteiger partial charge in [0.2, 0.25) is 0 Å². The molecule has 156 valence electrons. The maximum atomic E-state index is 12.0. The highest BCUT2D eigenvalue weighted by molar-refractivity contribution is 5.90. The molecule has 2 aromatic carbocycles. The number of anilines is 2. The first kappa shape index (κ1) is 21.2. The summed E-state index contributed by atoms with van der Waals surface area (Å²) in [6.07, 6.45) is 0. The fraction of sp³-hybridized carbons (Fsp3) is 0.480. The zero-order valence-electron chi connectivity index (χ0n) is 18.8. The molecule has 0 spiro atoms. The fourth-order valence-corrected chi connectivity index (χ4v) is 3.82. The van der Waals surface area contributed by atoms with Crippen molar-refractivity contribution in [3.05, 3.63) is 53.1 Å². The summed E-state index contributed by atoms with van der Waals surface area (Å²) in [6.45, 7) is 17.0. The third-order valence-electron chi connectivity index (χ3n) is 5.51. The van der Waals surface area contributed by atoms with Crippen LogP contribution in [0.5, 0.6) is 5.75 Å². The van der Waals surface area contributed by atoms with Crippen molar-refractivity contribution < 1.29 is 14.3 Å². The summed E-state index contributed by atoms with van der Waals surface area (Å²) in [5, 5.41) is 0. The van der Waals surface area contributed by atoms with Gasteiger partial charge < -0.3 is 14.4 Å². The van der Waals surface area contributed by atoms with E-state index >= 15 is 0 Å². The Balaban J connectivity index is 2.05. The molecule has 1 aliphatic heterocycles. The van der Waals surface area contributed by atoms with Crippen molar-refractivity contribution in [2.24, 2.45) is 0 Å². The number of hydrogen-bond acceptors (Lipinski definition) is 4. The lowest BCUT2D eigenvalue weighted by Crippen LogP contribution is -2.21. The normalized spacial score (nSPS) is 14.9. The standard InChI is InChI=1S/C25H33NO3/c1-8-26(18-12-10-17(11-13-18)23(27)28-9-2)19-14-20(24(3,4)5)22-21(15-19)25(6,7)16-29-22/h10-15H,8-9,16H2,1-7H3. The average molecular weight is 396 g/mol. The molecule has 4 nitrogen and oxygen atoms in total. The molecule has 0 unspecified atom stereocenters. The quantitative estimate of drug-likeness (QED) is 0.583. The van der Waals surface area contributed by atoms with Crippen LogP contribution in [0.1, 0.15) is 70.0 Å². The van der Waals surface area contributed by atoms with Gasteiger partial charge in [0, 0.05) is 34.5 Å². The summed E-state index contributed by atoms with van der Waals surface area (Å²) in [5.74, 6) is 0.758. The van der Waals surface area contributed by atoms with Crippen molar-refractivity contribution in [3.8, 4) is 5.75 Å². The van der Waals surface area contributed by atoms with Gasteiger partial charge in [0.15, 0.2) is 0 Å². The Kier molecular flexibility index (Phi) is 5.66. The lowest BCUT2D eigenvalue weighted by atomic mass is 9.80. The number of nitrogens with zero attached hydrogens (tertiary/aromatic N) is 1. The molecule has 0 saturated heterocycles. The van der Waals surface area contributed by atoms with E-state index in [2.05, 4.69) is 58.6 Å². The van der Waals surface area contributed by atoms with E-state index in [0.29, 0.717) is 18.8 Å². The van der Waals surface area contributed by atoms with E-state index in [1.54, 1.807) is 0 Å². The summed E-state index contributed by atoms with van der Waals surface area (Å²) in [6, 6.07) is 12.2. The van der Waals surface area contributed by atoms with Gasteiger partial charge in [-0.3, -0.25) is 0 Å². The van der Waals surface area contributed by atoms with Gasteiger partial charge in [0.05, 0.1) is 18.8 Å². The topological polar surface area (TPSA) is 38.8 Å². The van der Waals surface area contributed by atoms with Crippen molar-refractivity contribution in [2.45, 2.75) is 59.3 Å². The molecule has 0 fully saturated rings. The summed E-state index contributed by atoms with van der Waals surface area (Å²) in [7, 11) is 0. The highest BCUT2D eigenvalue weighted by atomic mass is 16.5. The van der Waals surface area contributed by atoms with Gasteiger partial charge >= 0.3 is 5.97 Å². The van der Waals surface area contributed by atoms with Gasteiger partial charge in [-0.2, -0.15) is 0 Å². The Morgan fingerprint density at radius 3 is 2.31 bits per heavy atom. The molecule has 1 heterocycles. The van der Waals surface area contributed by atoms with Crippen LogP contribution in [0, 0.1) is 0 Å². The predicted octanol–water partition coefficient (Wildman–Crippen LogP) is 5.99. The third-order valence-corrected chi connectivity index (χ3v) is 5.51. The van der Waals surface area contributed by atoms with E-state index in [0.717, 1.165) is 23.7 Å². The Bertz CT molecular complexity index is 892. The molecule has 3 rings (SSSR count). The monoisotopic (exact) mass is 395 g/mol. The smallest absolute Gasteiger partial charge is 0.338 e. The van der Waals surface area contributed by atoms with Crippen LogP contribution in [0.4, 0.5) is 11.4 Å². The van der Waals surface area contributed by atoms with Crippen LogP contribution >= 0.6 is 0 Å². The maximum absolute atomic E-state index is 12.0. The Labute approximate surface area is 174 Å². The van der Waals surface area contributed by atoms with E-state index in [1.165, 1.54) is 11.1 Å². The lowest BCUT2D eigenvalue weighted by Gasteiger charge is -2.29. The van der Waals surface area contributed by atoms with Crippen LogP contribution in [0.25, 0.3) is 0 Å². The van der Waals surface area contributed by atoms with Gasteiger partial charge in [0.25, 0.3) is 0 Å². The number of fused-ring (bicyclic) bond motifs is 1. The van der Waals surface area contributed by atoms with E-state index < -0.39 is 0 Å². The first-order chi connectivity index (χ1) is 13.6. The lowest BCUT2D eigenvalue weighted by molar-refractivity contribution is 0.0526. The molecule has 0 aliphatic carbocycles. The van der Waals surface area contributed by atoms with Gasteiger partial charge in [-0.1, -0.05) is 34.6 Å². The molecule has 2 aromatic rings. The molecule has 0 radical (unpaired) electrons. The number of carbonyl (C=O) groups excluding carboxylic acids is 1. The zero-order valence-corrected chi connectivity index (χ0v) is 18.8. The SMILES string of the molecule is CCOC(=O)c1ccc(N(CC)c2cc(C(C)(C)C)c3c(c2)C(C)(C)CO3)cc1. The number of hydrogen-bond donors (Lipinski definition) is 0. The molecule has 4 heteroatoms. The minimum atomic E-state index is -0.284. The highest BCUT2D eigenvalue weighted by Gasteiger charge is 2.36. The number of carbonyl (C=O) groups is 1. The van der Waals surface area contributed by atoms with Crippen LogP contribution in [0.2, 0.25) is 0 Å². The van der Waals surface area contributed by atoms with Crippen LogP contribution in [0.3, 0.4) is 0 Å². The first-order valence-corrected chi connectivity index (χ1v) is 10.4. The minimum absolute atomic E-state index is 0.0154. The summed E-state index contributed by atoms with van der Waals surface area (Å²) < 4.78 is 11.2. The number of esters is 1. The summed E-state index contributed by atoms with van der Waals surface area (Å²) in [5.41, 5.74) is 5.24. The van der Waals surface area contributed by atoms with E-state index in [4.69, 9.17) is 9.47 Å². The predicted molar refractivity (Wildman–Crippen MR) is 119 cm³/mol. The summed E-state index contributed by atoms with van der Waals surface area (Å²) in [4.78, 5) is 14.2. The second-order valence-electron chi connectivity index (χ2n) is 9.30. The van der Waals surface area contributed by atoms with Crippen molar-refractivity contribution in [2.75, 3.05) is 24.7 Å². The van der Waals surface area contributed by atoms with E-state index in [9.17, 15) is 4.79 Å². The molecular weight excluding hydrogens is 362 g/mol. The largest absolute Gasteiger partial charge is 0.492 e. The van der Waals surface area contributed by atoms with E-state index in [1.807, 2.05) is 31.2 Å². The molecule has 0 saturated carbocycles. The first-order valence-electron chi connectivity index (χ1n) is 10.4. The molecule has 1 aliphatic rings. The van der Waals surface area contributed by atoms with Gasteiger partial charge in [-0.05, 0) is 55.7 Å². The van der Waals surface area contributed by atoms with Crippen LogP contribution in [-0.4, -0.2) is 25.7 Å². The van der Waals surface area contributed by atoms with Crippen molar-refractivity contribution in [1.82, 2.24) is 0 Å². The molecule has 29 heavy (non-hydrogen) atoms. The van der Waals surface area contributed by atoms with Crippen molar-refractivity contribution in [3.63, 3.8) is 0 Å². The second kappa shape index (κ2) is 7.74. The number of rotatable bonds is 5. The number of benzene rings is 2. The fourth-order valence-electron chi connectivity index (χ4n) is 3.82. The maximum Gasteiger partial charge on any atom is 0.338 e. The molecule has 0 bridgehead atoms. The minimum Gasteiger partial charge on any atom is -0.492 e. The molecule has 0 atom stereocenters. The molecule has 0 amide bonds. The van der Waals surface area contributed by atoms with Gasteiger partial charge in [0.1, 0.15) is 5.75 Å². The van der Waals surface area contributed by atoms with Gasteiger partial charge in [-0.25, -0.2) is 4.79 Å². The van der Waals surface area contributed by atoms with Crippen LogP contribution in [-0.2, 0) is 15.6 Å². The molecule has 0 aromatic heterocycles. The Morgan fingerprint density at radius 1 is 1.10 bits per heavy atom. The van der Waals surface area contributed by atoms with Crippen LogP contribution in [0.15, 0.2) is 36.4 Å². The number of ether oxygens (including phenoxy) is 2. The molecule has 0 N–H and O–H groups in total. The molecular formula is C25H33NO3. The van der Waals surface area contributed by atoms with Crippen molar-refractivity contribution in [1.29, 1.82) is 0 Å². The highest BCUT2D eigenvalue weighted by Crippen LogP contribution is 2.47. The average Bonchev–Trinajstić information content (AvgIpc) is 2.97. The second-order valence-corrected chi connectivity index (χ2v) is 9.30. The van der Waals surface area contributed by atoms with E-state index in [-0.39, 0.29) is 16.8 Å². The third kappa shape index (κ3) is 4.12. The Morgan fingerprint density at radius 2 is 1.76 bits per heavy atom.